The maximum atomic E-state index is 12.6. The fourth-order valence-corrected chi connectivity index (χ4v) is 3.10. The largest absolute Gasteiger partial charge is 0.454 e. The van der Waals surface area contributed by atoms with Crippen molar-refractivity contribution in [2.75, 3.05) is 6.61 Å². The monoisotopic (exact) mass is 358 g/mol. The van der Waals surface area contributed by atoms with Crippen LogP contribution in [-0.4, -0.2) is 18.4 Å². The van der Waals surface area contributed by atoms with Gasteiger partial charge in [0.25, 0.3) is 0 Å². The average molecular weight is 358 g/mol. The quantitative estimate of drug-likeness (QED) is 0.463. The lowest BCUT2D eigenvalue weighted by Crippen LogP contribution is -2.16. The molecule has 0 amide bonds. The third kappa shape index (κ3) is 4.70. The lowest BCUT2D eigenvalue weighted by Gasteiger charge is -2.10. The summed E-state index contributed by atoms with van der Waals surface area (Å²) >= 11 is 0. The van der Waals surface area contributed by atoms with Gasteiger partial charge < -0.3 is 4.74 Å². The smallest absolute Gasteiger partial charge is 0.338 e. The van der Waals surface area contributed by atoms with Crippen molar-refractivity contribution in [2.24, 2.45) is 0 Å². The molecule has 0 saturated heterocycles. The number of ether oxygens (including phenoxy) is 1. The van der Waals surface area contributed by atoms with E-state index >= 15 is 0 Å². The number of rotatable bonds is 6. The molecule has 0 saturated carbocycles. The SMILES string of the molecule is Cc1ccc(C(=O)COC(=O)c2ccccc2Cc2ccccc2)c(C)c1. The normalized spacial score (nSPS) is 10.4. The van der Waals surface area contributed by atoms with Gasteiger partial charge >= 0.3 is 5.97 Å². The van der Waals surface area contributed by atoms with Crippen LogP contribution in [0.25, 0.3) is 0 Å². The Bertz CT molecular complexity index is 958. The van der Waals surface area contributed by atoms with Crippen molar-refractivity contribution in [3.8, 4) is 0 Å². The number of carbonyl (C=O) groups is 2. The third-order valence-corrected chi connectivity index (χ3v) is 4.49. The molecule has 0 atom stereocenters. The maximum Gasteiger partial charge on any atom is 0.338 e. The molecule has 3 nitrogen and oxygen atoms in total. The van der Waals surface area contributed by atoms with E-state index in [1.165, 1.54) is 0 Å². The molecule has 0 aromatic heterocycles. The molecule has 3 rings (SSSR count). The van der Waals surface area contributed by atoms with Crippen LogP contribution >= 0.6 is 0 Å². The van der Waals surface area contributed by atoms with Crippen LogP contribution in [0, 0.1) is 13.8 Å². The van der Waals surface area contributed by atoms with Gasteiger partial charge in [-0.2, -0.15) is 0 Å². The molecule has 0 heterocycles. The molecule has 3 aromatic carbocycles. The fourth-order valence-electron chi connectivity index (χ4n) is 3.10. The Balaban J connectivity index is 1.70. The van der Waals surface area contributed by atoms with Crippen LogP contribution in [0.3, 0.4) is 0 Å². The number of hydrogen-bond acceptors (Lipinski definition) is 3. The maximum absolute atomic E-state index is 12.6. The molecule has 0 radical (unpaired) electrons. The topological polar surface area (TPSA) is 43.4 Å². The molecule has 3 aromatic rings. The first-order valence-electron chi connectivity index (χ1n) is 8.94. The summed E-state index contributed by atoms with van der Waals surface area (Å²) in [5, 5.41) is 0. The van der Waals surface area contributed by atoms with Crippen LogP contribution in [0.15, 0.2) is 72.8 Å². The molecule has 136 valence electrons. The molecule has 0 unspecified atom stereocenters. The number of hydrogen-bond donors (Lipinski definition) is 0. The fraction of sp³-hybridized carbons (Fsp3) is 0.167. The zero-order valence-electron chi connectivity index (χ0n) is 15.6. The van der Waals surface area contributed by atoms with E-state index in [1.807, 2.05) is 68.4 Å². The van der Waals surface area contributed by atoms with Crippen molar-refractivity contribution in [3.63, 3.8) is 0 Å². The summed E-state index contributed by atoms with van der Waals surface area (Å²) in [4.78, 5) is 25.0. The molecule has 0 aliphatic rings. The van der Waals surface area contributed by atoms with Crippen molar-refractivity contribution >= 4 is 11.8 Å². The zero-order valence-corrected chi connectivity index (χ0v) is 15.6. The molecular formula is C24H22O3. The minimum absolute atomic E-state index is 0.193. The molecule has 0 bridgehead atoms. The summed E-state index contributed by atoms with van der Waals surface area (Å²) in [6.07, 6.45) is 0.636. The summed E-state index contributed by atoms with van der Waals surface area (Å²) in [5.74, 6) is -0.666. The van der Waals surface area contributed by atoms with Crippen molar-refractivity contribution in [1.82, 2.24) is 0 Å². The molecule has 0 N–H and O–H groups in total. The first kappa shape index (κ1) is 18.6. The second-order valence-electron chi connectivity index (χ2n) is 6.64. The Hall–Kier alpha value is -3.20. The van der Waals surface area contributed by atoms with Gasteiger partial charge in [0.15, 0.2) is 6.61 Å². The van der Waals surface area contributed by atoms with Gasteiger partial charge in [-0.05, 0) is 43.0 Å². The Kier molecular flexibility index (Phi) is 5.82. The van der Waals surface area contributed by atoms with Gasteiger partial charge in [0.2, 0.25) is 5.78 Å². The minimum atomic E-state index is -0.473. The summed E-state index contributed by atoms with van der Waals surface area (Å²) in [6.45, 7) is 3.60. The van der Waals surface area contributed by atoms with Gasteiger partial charge in [0, 0.05) is 5.56 Å². The van der Waals surface area contributed by atoms with Crippen LogP contribution in [0.4, 0.5) is 0 Å². The van der Waals surface area contributed by atoms with Crippen molar-refractivity contribution in [1.29, 1.82) is 0 Å². The lowest BCUT2D eigenvalue weighted by molar-refractivity contribution is 0.0473. The number of carbonyl (C=O) groups excluding carboxylic acids is 2. The van der Waals surface area contributed by atoms with E-state index in [9.17, 15) is 9.59 Å². The van der Waals surface area contributed by atoms with Crippen molar-refractivity contribution in [3.05, 3.63) is 106 Å². The van der Waals surface area contributed by atoms with Gasteiger partial charge in [-0.15, -0.1) is 0 Å². The van der Waals surface area contributed by atoms with E-state index in [0.29, 0.717) is 17.5 Å². The molecule has 0 fully saturated rings. The van der Waals surface area contributed by atoms with E-state index in [1.54, 1.807) is 18.2 Å². The molecule has 3 heteroatoms. The van der Waals surface area contributed by atoms with Crippen LogP contribution < -0.4 is 0 Å². The molecule has 0 aliphatic heterocycles. The summed E-state index contributed by atoms with van der Waals surface area (Å²) in [7, 11) is 0. The highest BCUT2D eigenvalue weighted by atomic mass is 16.5. The van der Waals surface area contributed by atoms with Crippen LogP contribution in [-0.2, 0) is 11.2 Å². The second-order valence-corrected chi connectivity index (χ2v) is 6.64. The van der Waals surface area contributed by atoms with E-state index in [2.05, 4.69) is 0 Å². The van der Waals surface area contributed by atoms with E-state index in [4.69, 9.17) is 4.74 Å². The predicted molar refractivity (Wildman–Crippen MR) is 106 cm³/mol. The van der Waals surface area contributed by atoms with E-state index < -0.39 is 5.97 Å². The average Bonchev–Trinajstić information content (AvgIpc) is 2.67. The first-order valence-corrected chi connectivity index (χ1v) is 8.94. The first-order chi connectivity index (χ1) is 13.0. The second kappa shape index (κ2) is 8.45. The number of esters is 1. The Morgan fingerprint density at radius 2 is 1.52 bits per heavy atom. The van der Waals surface area contributed by atoms with Crippen LogP contribution in [0.2, 0.25) is 0 Å². The highest BCUT2D eigenvalue weighted by Gasteiger charge is 2.16. The minimum Gasteiger partial charge on any atom is -0.454 e. The van der Waals surface area contributed by atoms with E-state index in [0.717, 1.165) is 22.3 Å². The Labute approximate surface area is 159 Å². The lowest BCUT2D eigenvalue weighted by atomic mass is 10.00. The number of benzene rings is 3. The Morgan fingerprint density at radius 1 is 0.815 bits per heavy atom. The summed E-state index contributed by atoms with van der Waals surface area (Å²) in [5.41, 5.74) is 5.06. The molecule has 0 spiro atoms. The molecular weight excluding hydrogens is 336 g/mol. The van der Waals surface area contributed by atoms with Gasteiger partial charge in [-0.25, -0.2) is 4.79 Å². The Morgan fingerprint density at radius 3 is 2.26 bits per heavy atom. The van der Waals surface area contributed by atoms with Crippen LogP contribution in [0.1, 0.15) is 43.0 Å². The van der Waals surface area contributed by atoms with Crippen molar-refractivity contribution < 1.29 is 14.3 Å². The zero-order chi connectivity index (χ0) is 19.2. The van der Waals surface area contributed by atoms with Gasteiger partial charge in [-0.3, -0.25) is 4.79 Å². The van der Waals surface area contributed by atoms with Crippen LogP contribution in [0.5, 0.6) is 0 Å². The van der Waals surface area contributed by atoms with Gasteiger partial charge in [-0.1, -0.05) is 72.3 Å². The van der Waals surface area contributed by atoms with Gasteiger partial charge in [0.05, 0.1) is 5.56 Å². The predicted octanol–water partition coefficient (Wildman–Crippen LogP) is 4.93. The molecule has 27 heavy (non-hydrogen) atoms. The standard InChI is InChI=1S/C24H22O3/c1-17-12-13-21(18(2)14-17)23(25)16-27-24(26)22-11-7-6-10-20(22)15-19-8-4-3-5-9-19/h3-14H,15-16H2,1-2H3. The number of Topliss-reactive ketones (excluding diaryl/α,β-unsaturated/α-hetero) is 1. The highest BCUT2D eigenvalue weighted by molar-refractivity contribution is 6.00. The summed E-state index contributed by atoms with van der Waals surface area (Å²) < 4.78 is 5.32. The van der Waals surface area contributed by atoms with Crippen molar-refractivity contribution in [2.45, 2.75) is 20.3 Å². The number of aryl methyl sites for hydroxylation is 2. The third-order valence-electron chi connectivity index (χ3n) is 4.49. The summed E-state index contributed by atoms with van der Waals surface area (Å²) in [6, 6.07) is 22.9. The van der Waals surface area contributed by atoms with E-state index in [-0.39, 0.29) is 12.4 Å². The highest BCUT2D eigenvalue weighted by Crippen LogP contribution is 2.16. The molecule has 0 aliphatic carbocycles. The number of ketones is 1. The van der Waals surface area contributed by atoms with Gasteiger partial charge in [0.1, 0.15) is 0 Å².